The molecule has 1 aliphatic carbocycles. The third-order valence-corrected chi connectivity index (χ3v) is 5.28. The third-order valence-electron chi connectivity index (χ3n) is 5.28. The van der Waals surface area contributed by atoms with Crippen LogP contribution >= 0.6 is 0 Å². The summed E-state index contributed by atoms with van der Waals surface area (Å²) < 4.78 is 0. The number of rotatable bonds is 3. The number of anilines is 1. The molecule has 0 spiro atoms. The Kier molecular flexibility index (Phi) is 5.18. The smallest absolute Gasteiger partial charge is 0.0364 e. The van der Waals surface area contributed by atoms with Crippen LogP contribution in [-0.2, 0) is 0 Å². The topological polar surface area (TPSA) is 3.24 Å². The van der Waals surface area contributed by atoms with Gasteiger partial charge in [0.15, 0.2) is 0 Å². The van der Waals surface area contributed by atoms with Crippen molar-refractivity contribution in [1.82, 2.24) is 0 Å². The first-order chi connectivity index (χ1) is 12.4. The molecule has 1 heteroatoms. The van der Waals surface area contributed by atoms with Crippen molar-refractivity contribution < 1.29 is 0 Å². The van der Waals surface area contributed by atoms with Gasteiger partial charge >= 0.3 is 0 Å². The van der Waals surface area contributed by atoms with E-state index >= 15 is 0 Å². The summed E-state index contributed by atoms with van der Waals surface area (Å²) >= 11 is 0. The third kappa shape index (κ3) is 3.67. The fourth-order valence-corrected chi connectivity index (χ4v) is 3.61. The summed E-state index contributed by atoms with van der Waals surface area (Å²) in [5.41, 5.74) is 10.4. The SMILES string of the molecule is C=C1C=C/C(=C(/c2cccc(C)c2)c2ccc(N(C)C)cc2C)CC1C. The van der Waals surface area contributed by atoms with E-state index in [-0.39, 0.29) is 0 Å². The van der Waals surface area contributed by atoms with Crippen LogP contribution in [0.25, 0.3) is 5.57 Å². The Morgan fingerprint density at radius 3 is 2.42 bits per heavy atom. The van der Waals surface area contributed by atoms with Crippen molar-refractivity contribution in [1.29, 1.82) is 0 Å². The Hall–Kier alpha value is -2.54. The fourth-order valence-electron chi connectivity index (χ4n) is 3.61. The summed E-state index contributed by atoms with van der Waals surface area (Å²) in [4.78, 5) is 2.16. The average molecular weight is 344 g/mol. The molecule has 0 amide bonds. The molecule has 2 aromatic rings. The lowest BCUT2D eigenvalue weighted by atomic mass is 9.81. The van der Waals surface area contributed by atoms with Gasteiger partial charge in [0.25, 0.3) is 0 Å². The van der Waals surface area contributed by atoms with Crippen LogP contribution < -0.4 is 4.90 Å². The second-order valence-corrected chi connectivity index (χ2v) is 7.68. The molecular formula is C25H29N. The number of nitrogens with zero attached hydrogens (tertiary/aromatic N) is 1. The van der Waals surface area contributed by atoms with Gasteiger partial charge in [-0.25, -0.2) is 0 Å². The van der Waals surface area contributed by atoms with E-state index in [0.29, 0.717) is 5.92 Å². The Morgan fingerprint density at radius 2 is 1.81 bits per heavy atom. The maximum absolute atomic E-state index is 4.18. The van der Waals surface area contributed by atoms with Crippen LogP contribution in [0.2, 0.25) is 0 Å². The number of hydrogen-bond donors (Lipinski definition) is 0. The number of benzene rings is 2. The Balaban J connectivity index is 2.23. The molecule has 0 heterocycles. The summed E-state index contributed by atoms with van der Waals surface area (Å²) in [5.74, 6) is 0.483. The first-order valence-corrected chi connectivity index (χ1v) is 9.32. The quantitative estimate of drug-likeness (QED) is 0.630. The van der Waals surface area contributed by atoms with E-state index in [9.17, 15) is 0 Å². The van der Waals surface area contributed by atoms with Crippen LogP contribution in [0.15, 0.2) is 72.3 Å². The van der Waals surface area contributed by atoms with Gasteiger partial charge in [-0.05, 0) is 66.2 Å². The van der Waals surface area contributed by atoms with Crippen molar-refractivity contribution in [2.45, 2.75) is 27.2 Å². The molecule has 0 saturated carbocycles. The minimum absolute atomic E-state index is 0.483. The number of aryl methyl sites for hydroxylation is 2. The molecule has 0 bridgehead atoms. The predicted octanol–water partition coefficient (Wildman–Crippen LogP) is 6.32. The minimum Gasteiger partial charge on any atom is -0.378 e. The number of hydrogen-bond acceptors (Lipinski definition) is 1. The van der Waals surface area contributed by atoms with Crippen molar-refractivity contribution in [2.24, 2.45) is 5.92 Å². The van der Waals surface area contributed by atoms with E-state index in [1.807, 2.05) is 0 Å². The van der Waals surface area contributed by atoms with E-state index in [0.717, 1.165) is 6.42 Å². The van der Waals surface area contributed by atoms with Gasteiger partial charge < -0.3 is 4.90 Å². The molecule has 3 rings (SSSR count). The van der Waals surface area contributed by atoms with Gasteiger partial charge in [-0.2, -0.15) is 0 Å². The Morgan fingerprint density at radius 1 is 1.04 bits per heavy atom. The van der Waals surface area contributed by atoms with Crippen molar-refractivity contribution in [3.05, 3.63) is 94.6 Å². The summed E-state index contributed by atoms with van der Waals surface area (Å²) in [6.07, 6.45) is 5.48. The number of allylic oxidation sites excluding steroid dienone is 4. The van der Waals surface area contributed by atoms with Crippen molar-refractivity contribution in [3.63, 3.8) is 0 Å². The van der Waals surface area contributed by atoms with E-state index in [2.05, 4.69) is 101 Å². The molecule has 2 aromatic carbocycles. The van der Waals surface area contributed by atoms with Crippen LogP contribution in [-0.4, -0.2) is 14.1 Å². The summed E-state index contributed by atoms with van der Waals surface area (Å²) in [7, 11) is 4.18. The molecule has 134 valence electrons. The maximum atomic E-state index is 4.18. The van der Waals surface area contributed by atoms with Crippen LogP contribution in [0.1, 0.15) is 35.6 Å². The van der Waals surface area contributed by atoms with Gasteiger partial charge in [-0.15, -0.1) is 0 Å². The molecule has 0 aliphatic heterocycles. The van der Waals surface area contributed by atoms with Gasteiger partial charge in [-0.3, -0.25) is 0 Å². The second kappa shape index (κ2) is 7.37. The first-order valence-electron chi connectivity index (χ1n) is 9.32. The predicted molar refractivity (Wildman–Crippen MR) is 115 cm³/mol. The van der Waals surface area contributed by atoms with Gasteiger partial charge in [-0.1, -0.05) is 67.1 Å². The van der Waals surface area contributed by atoms with E-state index in [1.54, 1.807) is 0 Å². The molecule has 26 heavy (non-hydrogen) atoms. The van der Waals surface area contributed by atoms with Crippen LogP contribution in [0, 0.1) is 19.8 Å². The highest BCUT2D eigenvalue weighted by Crippen LogP contribution is 2.37. The zero-order valence-corrected chi connectivity index (χ0v) is 16.6. The Labute approximate surface area is 158 Å². The first kappa shape index (κ1) is 18.3. The van der Waals surface area contributed by atoms with E-state index in [4.69, 9.17) is 0 Å². The van der Waals surface area contributed by atoms with Crippen LogP contribution in [0.3, 0.4) is 0 Å². The molecule has 0 fully saturated rings. The van der Waals surface area contributed by atoms with Gasteiger partial charge in [0.05, 0.1) is 0 Å². The zero-order valence-electron chi connectivity index (χ0n) is 16.6. The monoisotopic (exact) mass is 343 g/mol. The zero-order chi connectivity index (χ0) is 18.8. The highest BCUT2D eigenvalue weighted by Gasteiger charge is 2.19. The summed E-state index contributed by atoms with van der Waals surface area (Å²) in [6, 6.07) is 15.6. The van der Waals surface area contributed by atoms with Gasteiger partial charge in [0, 0.05) is 19.8 Å². The molecule has 0 N–H and O–H groups in total. The lowest BCUT2D eigenvalue weighted by molar-refractivity contribution is 0.688. The average Bonchev–Trinajstić information content (AvgIpc) is 2.59. The normalized spacial score (nSPS) is 18.8. The van der Waals surface area contributed by atoms with Crippen molar-refractivity contribution >= 4 is 11.3 Å². The molecule has 1 unspecified atom stereocenters. The van der Waals surface area contributed by atoms with Crippen molar-refractivity contribution in [2.75, 3.05) is 19.0 Å². The lowest BCUT2D eigenvalue weighted by Crippen LogP contribution is -2.09. The van der Waals surface area contributed by atoms with E-state index < -0.39 is 0 Å². The van der Waals surface area contributed by atoms with Crippen molar-refractivity contribution in [3.8, 4) is 0 Å². The van der Waals surface area contributed by atoms with Crippen LogP contribution in [0.4, 0.5) is 5.69 Å². The molecule has 1 aliphatic rings. The molecule has 1 nitrogen and oxygen atoms in total. The van der Waals surface area contributed by atoms with Gasteiger partial charge in [0.1, 0.15) is 0 Å². The molecule has 1 atom stereocenters. The molecule has 0 radical (unpaired) electrons. The highest BCUT2D eigenvalue weighted by atomic mass is 15.1. The lowest BCUT2D eigenvalue weighted by Gasteiger charge is -2.24. The standard InChI is InChI=1S/C25H29N/c1-17-8-7-9-21(14-17)25(22-11-10-18(2)19(3)15-22)24-13-12-23(26(5)6)16-20(24)4/h7-14,16,19H,2,15H2,1,3-6H3/b25-22+. The Bertz CT molecular complexity index is 896. The van der Waals surface area contributed by atoms with Gasteiger partial charge in [0.2, 0.25) is 0 Å². The largest absolute Gasteiger partial charge is 0.378 e. The van der Waals surface area contributed by atoms with Crippen LogP contribution in [0.5, 0.6) is 0 Å². The second-order valence-electron chi connectivity index (χ2n) is 7.68. The fraction of sp³-hybridized carbons (Fsp3) is 0.280. The molecular weight excluding hydrogens is 314 g/mol. The molecule has 0 aromatic heterocycles. The molecule has 0 saturated heterocycles. The summed E-state index contributed by atoms with van der Waals surface area (Å²) in [6.45, 7) is 10.8. The summed E-state index contributed by atoms with van der Waals surface area (Å²) in [5, 5.41) is 0. The minimum atomic E-state index is 0.483. The maximum Gasteiger partial charge on any atom is 0.0364 e. The highest BCUT2D eigenvalue weighted by molar-refractivity contribution is 5.86. The van der Waals surface area contributed by atoms with E-state index in [1.165, 1.54) is 44.7 Å².